The molecule has 0 amide bonds. The second-order valence-electron chi connectivity index (χ2n) is 4.76. The maximum absolute atomic E-state index is 13.7. The van der Waals surface area contributed by atoms with Gasteiger partial charge in [-0.3, -0.25) is 14.3 Å². The lowest BCUT2D eigenvalue weighted by Gasteiger charge is -2.38. The van der Waals surface area contributed by atoms with Gasteiger partial charge in [0.15, 0.2) is 0 Å². The predicted molar refractivity (Wildman–Crippen MR) is 54.9 cm³/mol. The minimum atomic E-state index is -7.83. The summed E-state index contributed by atoms with van der Waals surface area (Å²) in [6.45, 7) is 0. The van der Waals surface area contributed by atoms with Crippen LogP contribution in [0.3, 0.4) is 0 Å². The molecular weight excluding hydrogens is 485 g/mol. The number of rotatable bonds is 8. The van der Waals surface area contributed by atoms with Gasteiger partial charge in [0.1, 0.15) is 0 Å². The number of halogens is 15. The van der Waals surface area contributed by atoms with Crippen molar-refractivity contribution in [3.63, 3.8) is 0 Å². The van der Waals surface area contributed by atoms with Crippen molar-refractivity contribution >= 4 is 12.0 Å². The van der Waals surface area contributed by atoms with Crippen molar-refractivity contribution in [1.29, 1.82) is 0 Å². The Hall–Kier alpha value is -1.99. The molecule has 0 rings (SSSR count). The van der Waals surface area contributed by atoms with Crippen LogP contribution in [0.4, 0.5) is 65.9 Å². The van der Waals surface area contributed by atoms with E-state index in [0.717, 1.165) is 0 Å². The van der Waals surface area contributed by atoms with Gasteiger partial charge in [0.2, 0.25) is 0 Å². The van der Waals surface area contributed by atoms with Crippen LogP contribution < -0.4 is 0 Å². The van der Waals surface area contributed by atoms with E-state index in [1.165, 1.54) is 4.74 Å². The summed E-state index contributed by atoms with van der Waals surface area (Å²) >= 11 is 0. The number of hydrogen-bond donors (Lipinski definition) is 0. The third kappa shape index (κ3) is 4.52. The third-order valence-electron chi connectivity index (χ3n) is 2.70. The molecule has 0 aromatic rings. The zero-order chi connectivity index (χ0) is 24.8. The highest BCUT2D eigenvalue weighted by Gasteiger charge is 2.84. The van der Waals surface area contributed by atoms with Crippen molar-refractivity contribution in [3.8, 4) is 0 Å². The van der Waals surface area contributed by atoms with Crippen molar-refractivity contribution in [1.82, 2.24) is 0 Å². The highest BCUT2D eigenvalue weighted by Crippen LogP contribution is 2.54. The van der Waals surface area contributed by atoms with Crippen LogP contribution in [0.5, 0.6) is 0 Å². The van der Waals surface area contributed by atoms with Gasteiger partial charge in [-0.15, -0.1) is 0 Å². The van der Waals surface area contributed by atoms with Gasteiger partial charge in [0.25, 0.3) is 0 Å². The molecule has 0 aliphatic rings. The van der Waals surface area contributed by atoms with Crippen LogP contribution in [0.2, 0.25) is 0 Å². The van der Waals surface area contributed by atoms with Gasteiger partial charge >= 0.3 is 54.2 Å². The van der Waals surface area contributed by atoms with Crippen LogP contribution in [0, 0.1) is 0 Å². The van der Waals surface area contributed by atoms with E-state index in [1.807, 2.05) is 0 Å². The molecule has 0 spiro atoms. The number of alkyl halides is 14. The predicted octanol–water partition coefficient (Wildman–Crippen LogP) is 3.97. The van der Waals surface area contributed by atoms with E-state index in [4.69, 9.17) is 0 Å². The summed E-state index contributed by atoms with van der Waals surface area (Å²) in [5.41, 5.74) is 0. The largest absolute Gasteiger partial charge is 0.464 e. The van der Waals surface area contributed by atoms with Crippen molar-refractivity contribution in [2.24, 2.45) is 0 Å². The van der Waals surface area contributed by atoms with Gasteiger partial charge < -0.3 is 4.74 Å². The lowest BCUT2D eigenvalue weighted by molar-refractivity contribution is -0.535. The molecule has 30 heavy (non-hydrogen) atoms. The maximum Gasteiger partial charge on any atom is 0.459 e. The summed E-state index contributed by atoms with van der Waals surface area (Å²) in [6, 6.07) is -4.68. The second kappa shape index (κ2) is 7.61. The first-order valence-electron chi connectivity index (χ1n) is 6.17. The van der Waals surface area contributed by atoms with E-state index in [2.05, 4.69) is 4.74 Å². The number of methoxy groups -OCH3 is 1. The first-order valence-corrected chi connectivity index (χ1v) is 6.17. The molecule has 0 aliphatic heterocycles. The Balaban J connectivity index is 6.59. The van der Waals surface area contributed by atoms with Crippen LogP contribution in [-0.4, -0.2) is 61.3 Å². The fraction of sp³-hybridized carbons (Fsp3) is 0.800. The van der Waals surface area contributed by atoms with Gasteiger partial charge in [0, 0.05) is 0 Å². The molecular formula is C10H3F15O5. The SMILES string of the molecule is COC(=O)C(F)(F)C(F)(F)OC(F)(C(F)(F)F)C(F)(F)OC(F)(C(=O)F)C(F)(F)F. The minimum Gasteiger partial charge on any atom is -0.464 e. The summed E-state index contributed by atoms with van der Waals surface area (Å²) < 4.78 is 198. The molecule has 0 saturated carbocycles. The first-order chi connectivity index (χ1) is 12.8. The molecule has 2 unspecified atom stereocenters. The molecule has 0 aromatic heterocycles. The number of hydrogen-bond acceptors (Lipinski definition) is 5. The summed E-state index contributed by atoms with van der Waals surface area (Å²) in [4.78, 5) is 20.4. The number of esters is 1. The van der Waals surface area contributed by atoms with Crippen molar-refractivity contribution in [2.75, 3.05) is 7.11 Å². The monoisotopic (exact) mass is 488 g/mol. The van der Waals surface area contributed by atoms with Crippen molar-refractivity contribution < 1.29 is 89.7 Å². The summed E-state index contributed by atoms with van der Waals surface area (Å²) in [5.74, 6) is -25.2. The van der Waals surface area contributed by atoms with Gasteiger partial charge in [-0.2, -0.15) is 65.9 Å². The molecule has 0 bridgehead atoms. The molecule has 0 fully saturated rings. The molecule has 0 saturated heterocycles. The fourth-order valence-corrected chi connectivity index (χ4v) is 1.22. The van der Waals surface area contributed by atoms with Gasteiger partial charge in [-0.05, 0) is 0 Å². The summed E-state index contributed by atoms with van der Waals surface area (Å²) in [6.07, 6.45) is -30.2. The smallest absolute Gasteiger partial charge is 0.459 e. The standard InChI is InChI=1S/C10H3F15O5/c1-28-3(27)4(12,13)9(22,23)30-6(15,8(19,20)21)10(24,25)29-5(14,2(11)26)7(16,17)18/h1H3. The zero-order valence-corrected chi connectivity index (χ0v) is 13.2. The fourth-order valence-electron chi connectivity index (χ4n) is 1.22. The average molecular weight is 488 g/mol. The van der Waals surface area contributed by atoms with Crippen LogP contribution in [0.15, 0.2) is 0 Å². The molecule has 20 heteroatoms. The molecule has 0 heterocycles. The molecule has 0 N–H and O–H groups in total. The van der Waals surface area contributed by atoms with E-state index >= 15 is 0 Å². The Morgan fingerprint density at radius 3 is 1.30 bits per heavy atom. The molecule has 0 aromatic carbocycles. The lowest BCUT2D eigenvalue weighted by Crippen LogP contribution is -2.67. The quantitative estimate of drug-likeness (QED) is 0.294. The van der Waals surface area contributed by atoms with Crippen LogP contribution in [0.1, 0.15) is 0 Å². The van der Waals surface area contributed by atoms with Crippen LogP contribution in [-0.2, 0) is 23.8 Å². The van der Waals surface area contributed by atoms with E-state index in [9.17, 15) is 75.4 Å². The Labute approximate surface area is 152 Å². The zero-order valence-electron chi connectivity index (χ0n) is 13.2. The minimum absolute atomic E-state index is 0.107. The molecule has 5 nitrogen and oxygen atoms in total. The number of carbonyl (C=O) groups excluding carboxylic acids is 2. The molecule has 2 atom stereocenters. The Bertz CT molecular complexity index is 670. The van der Waals surface area contributed by atoms with Crippen molar-refractivity contribution in [3.05, 3.63) is 0 Å². The topological polar surface area (TPSA) is 61.8 Å². The molecule has 0 aliphatic carbocycles. The highest BCUT2D eigenvalue weighted by atomic mass is 19.4. The average Bonchev–Trinajstić information content (AvgIpc) is 2.50. The Morgan fingerprint density at radius 2 is 1.03 bits per heavy atom. The van der Waals surface area contributed by atoms with E-state index in [0.29, 0.717) is 0 Å². The second-order valence-corrected chi connectivity index (χ2v) is 4.76. The van der Waals surface area contributed by atoms with Crippen LogP contribution in [0.25, 0.3) is 0 Å². The third-order valence-corrected chi connectivity index (χ3v) is 2.70. The summed E-state index contributed by atoms with van der Waals surface area (Å²) in [5, 5.41) is 0. The van der Waals surface area contributed by atoms with Crippen LogP contribution >= 0.6 is 0 Å². The number of ether oxygens (including phenoxy) is 3. The van der Waals surface area contributed by atoms with Gasteiger partial charge in [-0.25, -0.2) is 4.79 Å². The lowest BCUT2D eigenvalue weighted by atomic mass is 10.2. The Kier molecular flexibility index (Phi) is 7.10. The molecule has 0 radical (unpaired) electrons. The first kappa shape index (κ1) is 28.0. The normalized spacial score (nSPS) is 18.4. The van der Waals surface area contributed by atoms with E-state index in [1.54, 1.807) is 4.74 Å². The van der Waals surface area contributed by atoms with Gasteiger partial charge in [0.05, 0.1) is 7.11 Å². The molecule has 178 valence electrons. The maximum atomic E-state index is 13.7. The van der Waals surface area contributed by atoms with Gasteiger partial charge in [-0.1, -0.05) is 0 Å². The summed E-state index contributed by atoms with van der Waals surface area (Å²) in [7, 11) is -0.107. The number of carbonyl (C=O) groups is 2. The van der Waals surface area contributed by atoms with E-state index < -0.39 is 54.2 Å². The Morgan fingerprint density at radius 1 is 0.633 bits per heavy atom. The van der Waals surface area contributed by atoms with Crippen molar-refractivity contribution in [2.45, 2.75) is 42.2 Å². The van der Waals surface area contributed by atoms with E-state index in [-0.39, 0.29) is 7.11 Å². The highest BCUT2D eigenvalue weighted by molar-refractivity contribution is 5.78.